The Morgan fingerprint density at radius 3 is 2.87 bits per heavy atom. The van der Waals surface area contributed by atoms with Crippen LogP contribution in [0.4, 0.5) is 0 Å². The molecule has 0 bridgehead atoms. The van der Waals surface area contributed by atoms with Crippen LogP contribution >= 0.6 is 0 Å². The lowest BCUT2D eigenvalue weighted by molar-refractivity contribution is -0.137. The first-order valence-corrected chi connectivity index (χ1v) is 8.20. The van der Waals surface area contributed by atoms with Crippen molar-refractivity contribution in [1.82, 2.24) is 9.88 Å². The van der Waals surface area contributed by atoms with Gasteiger partial charge in [0.1, 0.15) is 0 Å². The second-order valence-electron chi connectivity index (χ2n) is 6.43. The van der Waals surface area contributed by atoms with Crippen molar-refractivity contribution in [2.75, 3.05) is 6.54 Å². The lowest BCUT2D eigenvalue weighted by Gasteiger charge is -2.37. The van der Waals surface area contributed by atoms with E-state index in [1.807, 2.05) is 36.2 Å². The highest BCUT2D eigenvalue weighted by Crippen LogP contribution is 2.24. The zero-order valence-electron chi connectivity index (χ0n) is 13.4. The molecule has 23 heavy (non-hydrogen) atoms. The van der Waals surface area contributed by atoms with Crippen molar-refractivity contribution in [3.05, 3.63) is 36.0 Å². The summed E-state index contributed by atoms with van der Waals surface area (Å²) in [4.78, 5) is 29.0. The van der Waals surface area contributed by atoms with Crippen LogP contribution < -0.4 is 5.73 Å². The van der Waals surface area contributed by atoms with Crippen LogP contribution in [0.1, 0.15) is 31.7 Å². The van der Waals surface area contributed by atoms with E-state index in [4.69, 9.17) is 5.73 Å². The van der Waals surface area contributed by atoms with Crippen molar-refractivity contribution in [3.8, 4) is 0 Å². The maximum atomic E-state index is 12.6. The molecule has 1 aliphatic heterocycles. The molecule has 5 nitrogen and oxygen atoms in total. The first-order valence-electron chi connectivity index (χ1n) is 8.20. The van der Waals surface area contributed by atoms with Gasteiger partial charge in [0, 0.05) is 36.1 Å². The summed E-state index contributed by atoms with van der Waals surface area (Å²) in [5.41, 5.74) is 7.66. The Kier molecular flexibility index (Phi) is 4.37. The van der Waals surface area contributed by atoms with Crippen LogP contribution in [0.5, 0.6) is 0 Å². The number of aromatic nitrogens is 1. The number of hydrogen-bond donors (Lipinski definition) is 2. The molecular weight excluding hydrogens is 290 g/mol. The summed E-state index contributed by atoms with van der Waals surface area (Å²) in [5, 5.41) is 1.17. The first kappa shape index (κ1) is 15.6. The van der Waals surface area contributed by atoms with Crippen molar-refractivity contribution in [3.63, 3.8) is 0 Å². The molecule has 3 rings (SSSR count). The van der Waals surface area contributed by atoms with Gasteiger partial charge in [0.15, 0.2) is 0 Å². The molecular formula is C18H23N3O2. The summed E-state index contributed by atoms with van der Waals surface area (Å²) in [6.45, 7) is 2.50. The number of benzene rings is 1. The molecule has 5 heteroatoms. The van der Waals surface area contributed by atoms with Crippen LogP contribution in [-0.4, -0.2) is 34.3 Å². The number of rotatable bonds is 4. The smallest absolute Gasteiger partial charge is 0.223 e. The minimum absolute atomic E-state index is 0.105. The number of aryl methyl sites for hydroxylation is 1. The zero-order chi connectivity index (χ0) is 16.4. The number of carbonyl (C=O) groups is 2. The Labute approximate surface area is 135 Å². The molecule has 2 amide bonds. The van der Waals surface area contributed by atoms with E-state index < -0.39 is 0 Å². The van der Waals surface area contributed by atoms with Gasteiger partial charge in [-0.3, -0.25) is 9.59 Å². The maximum Gasteiger partial charge on any atom is 0.223 e. The number of para-hydroxylation sites is 1. The second-order valence-corrected chi connectivity index (χ2v) is 6.43. The number of hydrogen-bond acceptors (Lipinski definition) is 2. The zero-order valence-corrected chi connectivity index (χ0v) is 13.4. The Morgan fingerprint density at radius 1 is 1.30 bits per heavy atom. The van der Waals surface area contributed by atoms with E-state index in [2.05, 4.69) is 11.1 Å². The Morgan fingerprint density at radius 2 is 2.09 bits per heavy atom. The molecule has 2 atom stereocenters. The molecule has 2 aromatic rings. The summed E-state index contributed by atoms with van der Waals surface area (Å²) in [6, 6.07) is 8.28. The summed E-state index contributed by atoms with van der Waals surface area (Å²) in [5.74, 6) is -0.400. The molecule has 0 aliphatic carbocycles. The normalized spacial score (nSPS) is 21.5. The standard InChI is InChI=1S/C18H23N3O2/c1-12-6-7-14(18(19)23)11-21(12)17(22)9-8-13-10-20-16-5-3-2-4-15(13)16/h2-5,10,12,14,20H,6-9,11H2,1H3,(H2,19,23). The molecule has 3 N–H and O–H groups in total. The van der Waals surface area contributed by atoms with E-state index in [0.29, 0.717) is 19.4 Å². The minimum Gasteiger partial charge on any atom is -0.369 e. The fourth-order valence-electron chi connectivity index (χ4n) is 3.41. The molecule has 1 aromatic heterocycles. The fraction of sp³-hybridized carbons (Fsp3) is 0.444. The van der Waals surface area contributed by atoms with Gasteiger partial charge in [-0.1, -0.05) is 18.2 Å². The number of nitrogens with one attached hydrogen (secondary N) is 1. The van der Waals surface area contributed by atoms with Crippen LogP contribution in [0, 0.1) is 5.92 Å². The Hall–Kier alpha value is -2.30. The molecule has 0 saturated carbocycles. The topological polar surface area (TPSA) is 79.2 Å². The molecule has 1 fully saturated rings. The molecule has 0 spiro atoms. The predicted molar refractivity (Wildman–Crippen MR) is 89.7 cm³/mol. The van der Waals surface area contributed by atoms with Crippen LogP contribution in [0.3, 0.4) is 0 Å². The van der Waals surface area contributed by atoms with Gasteiger partial charge in [-0.15, -0.1) is 0 Å². The third-order valence-electron chi connectivity index (χ3n) is 4.89. The third-order valence-corrected chi connectivity index (χ3v) is 4.89. The number of primary amides is 1. The monoisotopic (exact) mass is 313 g/mol. The highest BCUT2D eigenvalue weighted by atomic mass is 16.2. The molecule has 2 heterocycles. The lowest BCUT2D eigenvalue weighted by Crippen LogP contribution is -2.48. The van der Waals surface area contributed by atoms with Gasteiger partial charge in [-0.05, 0) is 37.8 Å². The predicted octanol–water partition coefficient (Wildman–Crippen LogP) is 2.21. The Balaban J connectivity index is 1.65. The minimum atomic E-state index is -0.300. The van der Waals surface area contributed by atoms with E-state index in [1.165, 1.54) is 5.39 Å². The van der Waals surface area contributed by atoms with Crippen LogP contribution in [0.2, 0.25) is 0 Å². The second kappa shape index (κ2) is 6.44. The lowest BCUT2D eigenvalue weighted by atomic mass is 9.92. The van der Waals surface area contributed by atoms with Gasteiger partial charge in [-0.25, -0.2) is 0 Å². The third kappa shape index (κ3) is 3.23. The summed E-state index contributed by atoms with van der Waals surface area (Å²) in [6.07, 6.45) is 4.75. The molecule has 0 radical (unpaired) electrons. The van der Waals surface area contributed by atoms with E-state index in [9.17, 15) is 9.59 Å². The van der Waals surface area contributed by atoms with E-state index in [-0.39, 0.29) is 23.8 Å². The van der Waals surface area contributed by atoms with Gasteiger partial charge in [0.25, 0.3) is 0 Å². The molecule has 122 valence electrons. The van der Waals surface area contributed by atoms with Crippen molar-refractivity contribution >= 4 is 22.7 Å². The van der Waals surface area contributed by atoms with Gasteiger partial charge in [-0.2, -0.15) is 0 Å². The summed E-state index contributed by atoms with van der Waals surface area (Å²) < 4.78 is 0. The average Bonchev–Trinajstić information content (AvgIpc) is 2.96. The van der Waals surface area contributed by atoms with Crippen molar-refractivity contribution in [2.24, 2.45) is 11.7 Å². The molecule has 1 aromatic carbocycles. The first-order chi connectivity index (χ1) is 11.1. The fourth-order valence-corrected chi connectivity index (χ4v) is 3.41. The number of likely N-dealkylation sites (tertiary alicyclic amines) is 1. The van der Waals surface area contributed by atoms with Crippen molar-refractivity contribution < 1.29 is 9.59 Å². The number of piperidine rings is 1. The van der Waals surface area contributed by atoms with Gasteiger partial charge in [0.05, 0.1) is 5.92 Å². The number of carbonyl (C=O) groups excluding carboxylic acids is 2. The average molecular weight is 313 g/mol. The largest absolute Gasteiger partial charge is 0.369 e. The number of nitrogens with two attached hydrogens (primary N) is 1. The van der Waals surface area contributed by atoms with Crippen LogP contribution in [-0.2, 0) is 16.0 Å². The van der Waals surface area contributed by atoms with Gasteiger partial charge < -0.3 is 15.6 Å². The number of aromatic amines is 1. The number of H-pyrrole nitrogens is 1. The number of amides is 2. The highest BCUT2D eigenvalue weighted by molar-refractivity contribution is 5.84. The molecule has 1 aliphatic rings. The van der Waals surface area contributed by atoms with E-state index in [1.54, 1.807) is 0 Å². The SMILES string of the molecule is CC1CCC(C(N)=O)CN1C(=O)CCc1c[nH]c2ccccc12. The van der Waals surface area contributed by atoms with Crippen molar-refractivity contribution in [2.45, 2.75) is 38.6 Å². The maximum absolute atomic E-state index is 12.6. The van der Waals surface area contributed by atoms with Gasteiger partial charge >= 0.3 is 0 Å². The van der Waals surface area contributed by atoms with E-state index >= 15 is 0 Å². The number of fused-ring (bicyclic) bond motifs is 1. The van der Waals surface area contributed by atoms with Crippen LogP contribution in [0.15, 0.2) is 30.5 Å². The quantitative estimate of drug-likeness (QED) is 0.907. The summed E-state index contributed by atoms with van der Waals surface area (Å²) >= 11 is 0. The molecule has 2 unspecified atom stereocenters. The van der Waals surface area contributed by atoms with E-state index in [0.717, 1.165) is 23.9 Å². The Bertz CT molecular complexity index is 722. The van der Waals surface area contributed by atoms with Crippen molar-refractivity contribution in [1.29, 1.82) is 0 Å². The number of nitrogens with zero attached hydrogens (tertiary/aromatic N) is 1. The highest BCUT2D eigenvalue weighted by Gasteiger charge is 2.31. The van der Waals surface area contributed by atoms with Crippen LogP contribution in [0.25, 0.3) is 10.9 Å². The van der Waals surface area contributed by atoms with Gasteiger partial charge in [0.2, 0.25) is 11.8 Å². The summed E-state index contributed by atoms with van der Waals surface area (Å²) in [7, 11) is 0. The molecule has 1 saturated heterocycles.